The lowest BCUT2D eigenvalue weighted by molar-refractivity contribution is 0.102. The van der Waals surface area contributed by atoms with Crippen molar-refractivity contribution in [2.24, 2.45) is 5.14 Å². The highest BCUT2D eigenvalue weighted by Crippen LogP contribution is 2.25. The summed E-state index contributed by atoms with van der Waals surface area (Å²) in [5, 5.41) is 8.11. The van der Waals surface area contributed by atoms with Crippen molar-refractivity contribution in [3.63, 3.8) is 0 Å². The monoisotopic (exact) mass is 373 g/mol. The van der Waals surface area contributed by atoms with Crippen molar-refractivity contribution in [1.29, 1.82) is 0 Å². The van der Waals surface area contributed by atoms with Crippen LogP contribution in [0.3, 0.4) is 0 Å². The number of hydrogen-bond acceptors (Lipinski definition) is 5. The van der Waals surface area contributed by atoms with E-state index >= 15 is 0 Å². The molecule has 3 N–H and O–H groups in total. The molecule has 1 heterocycles. The van der Waals surface area contributed by atoms with Crippen LogP contribution in [0, 0.1) is 0 Å². The van der Waals surface area contributed by atoms with E-state index in [1.165, 1.54) is 25.6 Å². The predicted molar refractivity (Wildman–Crippen MR) is 102 cm³/mol. The van der Waals surface area contributed by atoms with E-state index < -0.39 is 11.0 Å². The lowest BCUT2D eigenvalue weighted by Crippen LogP contribution is -2.34. The van der Waals surface area contributed by atoms with Crippen LogP contribution in [0.2, 0.25) is 0 Å². The van der Waals surface area contributed by atoms with Gasteiger partial charge in [-0.3, -0.25) is 4.79 Å². The van der Waals surface area contributed by atoms with E-state index in [-0.39, 0.29) is 5.91 Å². The summed E-state index contributed by atoms with van der Waals surface area (Å²) in [4.78, 5) is 23.5. The van der Waals surface area contributed by atoms with Gasteiger partial charge in [0.15, 0.2) is 0 Å². The van der Waals surface area contributed by atoms with Gasteiger partial charge in [-0.05, 0) is 37.1 Å². The van der Waals surface area contributed by atoms with E-state index in [0.29, 0.717) is 22.3 Å². The van der Waals surface area contributed by atoms with E-state index in [1.54, 1.807) is 30.3 Å². The Morgan fingerprint density at radius 3 is 2.54 bits per heavy atom. The molecular weight excluding hydrogens is 350 g/mol. The minimum Gasteiger partial charge on any atom is -0.357 e. The second kappa shape index (κ2) is 8.37. The SMILES string of the molecule is CN(c1cc(C(=O)Nc2ccc(S(N)=O)cc2)ncn1)C1CCCCC1. The van der Waals surface area contributed by atoms with E-state index in [9.17, 15) is 9.00 Å². The summed E-state index contributed by atoms with van der Waals surface area (Å²) in [5.41, 5.74) is 0.897. The third kappa shape index (κ3) is 4.44. The first kappa shape index (κ1) is 18.5. The third-order valence-electron chi connectivity index (χ3n) is 4.71. The standard InChI is InChI=1S/C18H23N5O2S/c1-23(14-5-3-2-4-6-14)17-11-16(20-12-21-17)18(24)22-13-7-9-15(10-8-13)26(19)25/h7-12,14H,2-6,19H2,1H3,(H,22,24). The van der Waals surface area contributed by atoms with Crippen LogP contribution in [0.25, 0.3) is 0 Å². The third-order valence-corrected chi connectivity index (χ3v) is 5.45. The molecule has 1 aromatic heterocycles. The highest BCUT2D eigenvalue weighted by atomic mass is 32.2. The maximum Gasteiger partial charge on any atom is 0.274 e. The number of aromatic nitrogens is 2. The van der Waals surface area contributed by atoms with Gasteiger partial charge in [-0.2, -0.15) is 0 Å². The molecule has 0 spiro atoms. The van der Waals surface area contributed by atoms with Gasteiger partial charge in [0.25, 0.3) is 5.91 Å². The molecule has 26 heavy (non-hydrogen) atoms. The average molecular weight is 373 g/mol. The number of benzene rings is 1. The van der Waals surface area contributed by atoms with E-state index in [4.69, 9.17) is 5.14 Å². The summed E-state index contributed by atoms with van der Waals surface area (Å²) in [6.07, 6.45) is 7.48. The van der Waals surface area contributed by atoms with Gasteiger partial charge in [-0.25, -0.2) is 19.3 Å². The molecule has 2 aromatic rings. The van der Waals surface area contributed by atoms with Crippen molar-refractivity contribution < 1.29 is 9.00 Å². The molecule has 1 aliphatic carbocycles. The van der Waals surface area contributed by atoms with Gasteiger partial charge in [0, 0.05) is 24.8 Å². The van der Waals surface area contributed by atoms with Crippen molar-refractivity contribution in [3.05, 3.63) is 42.4 Å². The quantitative estimate of drug-likeness (QED) is 0.838. The topological polar surface area (TPSA) is 101 Å². The predicted octanol–water partition coefficient (Wildman–Crippen LogP) is 2.48. The van der Waals surface area contributed by atoms with Gasteiger partial charge < -0.3 is 10.2 Å². The lowest BCUT2D eigenvalue weighted by atomic mass is 9.94. The highest BCUT2D eigenvalue weighted by Gasteiger charge is 2.20. The van der Waals surface area contributed by atoms with Crippen molar-refractivity contribution >= 4 is 28.4 Å². The van der Waals surface area contributed by atoms with Crippen LogP contribution in [-0.2, 0) is 11.0 Å². The van der Waals surface area contributed by atoms with E-state index in [2.05, 4.69) is 20.2 Å². The molecule has 1 amide bonds. The van der Waals surface area contributed by atoms with Crippen molar-refractivity contribution in [1.82, 2.24) is 9.97 Å². The number of hydrogen-bond donors (Lipinski definition) is 2. The van der Waals surface area contributed by atoms with Crippen LogP contribution in [0.15, 0.2) is 41.6 Å². The number of carbonyl (C=O) groups is 1. The van der Waals surface area contributed by atoms with Gasteiger partial charge in [-0.15, -0.1) is 0 Å². The molecule has 3 rings (SSSR count). The number of nitrogens with one attached hydrogen (secondary N) is 1. The molecule has 1 unspecified atom stereocenters. The smallest absolute Gasteiger partial charge is 0.274 e. The van der Waals surface area contributed by atoms with Crippen LogP contribution in [0.4, 0.5) is 11.5 Å². The Labute approximate surface area is 155 Å². The molecule has 1 aromatic carbocycles. The summed E-state index contributed by atoms with van der Waals surface area (Å²) in [6, 6.07) is 8.73. The highest BCUT2D eigenvalue weighted by molar-refractivity contribution is 7.82. The maximum absolute atomic E-state index is 12.5. The Bertz CT molecular complexity index is 790. The number of nitrogens with zero attached hydrogens (tertiary/aromatic N) is 3. The van der Waals surface area contributed by atoms with Crippen molar-refractivity contribution in [2.75, 3.05) is 17.3 Å². The molecule has 1 fully saturated rings. The molecule has 138 valence electrons. The fourth-order valence-corrected chi connectivity index (χ4v) is 3.59. The zero-order chi connectivity index (χ0) is 18.5. The Morgan fingerprint density at radius 1 is 1.19 bits per heavy atom. The van der Waals surface area contributed by atoms with E-state index in [0.717, 1.165) is 18.7 Å². The number of rotatable bonds is 5. The Kier molecular flexibility index (Phi) is 5.95. The largest absolute Gasteiger partial charge is 0.357 e. The van der Waals surface area contributed by atoms with Gasteiger partial charge in [0.1, 0.15) is 28.8 Å². The first-order valence-corrected chi connectivity index (χ1v) is 9.88. The number of carbonyl (C=O) groups excluding carboxylic acids is 1. The molecule has 0 saturated heterocycles. The zero-order valence-corrected chi connectivity index (χ0v) is 15.5. The summed E-state index contributed by atoms with van der Waals surface area (Å²) in [7, 11) is 0.484. The van der Waals surface area contributed by atoms with Gasteiger partial charge >= 0.3 is 0 Å². The molecule has 8 heteroatoms. The molecular formula is C18H23N5O2S. The molecule has 0 bridgehead atoms. The molecule has 1 saturated carbocycles. The van der Waals surface area contributed by atoms with Crippen LogP contribution < -0.4 is 15.4 Å². The molecule has 7 nitrogen and oxygen atoms in total. The fraction of sp³-hybridized carbons (Fsp3) is 0.389. The van der Waals surface area contributed by atoms with Crippen LogP contribution in [-0.4, -0.2) is 33.2 Å². The summed E-state index contributed by atoms with van der Waals surface area (Å²) >= 11 is 0. The van der Waals surface area contributed by atoms with Crippen LogP contribution in [0.5, 0.6) is 0 Å². The minimum absolute atomic E-state index is 0.309. The molecule has 1 atom stereocenters. The first-order chi connectivity index (χ1) is 12.5. The Hall–Kier alpha value is -2.32. The lowest BCUT2D eigenvalue weighted by Gasteiger charge is -2.32. The van der Waals surface area contributed by atoms with E-state index in [1.807, 2.05) is 7.05 Å². The normalized spacial score (nSPS) is 16.1. The Morgan fingerprint density at radius 2 is 1.88 bits per heavy atom. The molecule has 0 aliphatic heterocycles. The molecule has 1 aliphatic rings. The van der Waals surface area contributed by atoms with Gasteiger partial charge in [-0.1, -0.05) is 19.3 Å². The van der Waals surface area contributed by atoms with Crippen LogP contribution >= 0.6 is 0 Å². The van der Waals surface area contributed by atoms with Crippen LogP contribution in [0.1, 0.15) is 42.6 Å². The van der Waals surface area contributed by atoms with Gasteiger partial charge in [0.05, 0.1) is 4.90 Å². The zero-order valence-electron chi connectivity index (χ0n) is 14.7. The van der Waals surface area contributed by atoms with Crippen molar-refractivity contribution in [3.8, 4) is 0 Å². The second-order valence-corrected chi connectivity index (χ2v) is 7.51. The Balaban J connectivity index is 1.70. The number of anilines is 2. The average Bonchev–Trinajstić information content (AvgIpc) is 2.68. The maximum atomic E-state index is 12.5. The number of amides is 1. The molecule has 0 radical (unpaired) electrons. The van der Waals surface area contributed by atoms with Gasteiger partial charge in [0.2, 0.25) is 0 Å². The number of nitrogens with two attached hydrogens (primary N) is 1. The first-order valence-electron chi connectivity index (χ1n) is 8.67. The summed E-state index contributed by atoms with van der Waals surface area (Å²) in [6.45, 7) is 0. The van der Waals surface area contributed by atoms with Crippen molar-refractivity contribution in [2.45, 2.75) is 43.0 Å². The fourth-order valence-electron chi connectivity index (χ4n) is 3.19. The minimum atomic E-state index is -1.54. The summed E-state index contributed by atoms with van der Waals surface area (Å²) in [5.74, 6) is 0.443. The summed E-state index contributed by atoms with van der Waals surface area (Å²) < 4.78 is 11.2. The second-order valence-electron chi connectivity index (χ2n) is 6.44.